The Balaban J connectivity index is 1.87. The van der Waals surface area contributed by atoms with E-state index in [0.29, 0.717) is 5.92 Å². The normalized spacial score (nSPS) is 23.5. The van der Waals surface area contributed by atoms with E-state index in [4.69, 9.17) is 0 Å². The van der Waals surface area contributed by atoms with E-state index in [0.717, 1.165) is 16.6 Å². The molecule has 4 heteroatoms. The fourth-order valence-electron chi connectivity index (χ4n) is 2.20. The van der Waals surface area contributed by atoms with Gasteiger partial charge in [-0.15, -0.1) is 0 Å². The first-order valence-corrected chi connectivity index (χ1v) is 8.35. The van der Waals surface area contributed by atoms with E-state index in [-0.39, 0.29) is 17.9 Å². The molecule has 0 aliphatic heterocycles. The SMILES string of the molecule is CSC[C@H](C)NC(=O)[C@@H]1C[C@H]1c1ccc(Br)cc1. The van der Waals surface area contributed by atoms with Crippen LogP contribution in [0.2, 0.25) is 0 Å². The summed E-state index contributed by atoms with van der Waals surface area (Å²) in [5.74, 6) is 1.78. The molecular weight excluding hydrogens is 310 g/mol. The number of carbonyl (C=O) groups excluding carboxylic acids is 1. The quantitative estimate of drug-likeness (QED) is 0.897. The number of nitrogens with one attached hydrogen (secondary N) is 1. The van der Waals surface area contributed by atoms with Gasteiger partial charge in [0.2, 0.25) is 5.91 Å². The minimum absolute atomic E-state index is 0.176. The first-order valence-electron chi connectivity index (χ1n) is 6.16. The lowest BCUT2D eigenvalue weighted by atomic mass is 10.1. The summed E-state index contributed by atoms with van der Waals surface area (Å²) in [6.07, 6.45) is 3.05. The maximum absolute atomic E-state index is 12.0. The zero-order valence-corrected chi connectivity index (χ0v) is 13.1. The van der Waals surface area contributed by atoms with Crippen LogP contribution in [0.5, 0.6) is 0 Å². The molecule has 1 fully saturated rings. The summed E-state index contributed by atoms with van der Waals surface area (Å²) >= 11 is 5.19. The fourth-order valence-corrected chi connectivity index (χ4v) is 3.05. The average molecular weight is 328 g/mol. The number of benzene rings is 1. The smallest absolute Gasteiger partial charge is 0.223 e. The molecule has 2 rings (SSSR count). The average Bonchev–Trinajstić information content (AvgIpc) is 3.10. The van der Waals surface area contributed by atoms with Crippen LogP contribution < -0.4 is 5.32 Å². The summed E-state index contributed by atoms with van der Waals surface area (Å²) in [5, 5.41) is 3.08. The highest BCUT2D eigenvalue weighted by molar-refractivity contribution is 9.10. The van der Waals surface area contributed by atoms with E-state index in [1.165, 1.54) is 5.56 Å². The standard InChI is InChI=1S/C14H18BrNOS/c1-9(8-18-2)16-14(17)13-7-12(13)10-3-5-11(15)6-4-10/h3-6,9,12-13H,7-8H2,1-2H3,(H,16,17)/t9-,12-,13+/m0/s1. The molecule has 1 aromatic rings. The summed E-state index contributed by atoms with van der Waals surface area (Å²) in [6.45, 7) is 2.06. The molecular formula is C14H18BrNOS. The molecule has 0 radical (unpaired) electrons. The maximum atomic E-state index is 12.0. The predicted octanol–water partition coefficient (Wildman–Crippen LogP) is 3.42. The van der Waals surface area contributed by atoms with E-state index < -0.39 is 0 Å². The molecule has 0 heterocycles. The molecule has 1 amide bonds. The third kappa shape index (κ3) is 3.51. The predicted molar refractivity (Wildman–Crippen MR) is 81.0 cm³/mol. The number of hydrogen-bond acceptors (Lipinski definition) is 2. The van der Waals surface area contributed by atoms with Crippen LogP contribution in [0.25, 0.3) is 0 Å². The maximum Gasteiger partial charge on any atom is 0.223 e. The number of halogens is 1. The highest BCUT2D eigenvalue weighted by Crippen LogP contribution is 2.47. The minimum atomic E-state index is 0.176. The van der Waals surface area contributed by atoms with Crippen LogP contribution in [0.4, 0.5) is 0 Å². The van der Waals surface area contributed by atoms with Crippen molar-refractivity contribution in [3.05, 3.63) is 34.3 Å². The monoisotopic (exact) mass is 327 g/mol. The first-order chi connectivity index (χ1) is 8.61. The molecule has 98 valence electrons. The second-order valence-electron chi connectivity index (χ2n) is 4.87. The molecule has 1 saturated carbocycles. The molecule has 0 spiro atoms. The highest BCUT2D eigenvalue weighted by atomic mass is 79.9. The number of amides is 1. The summed E-state index contributed by atoms with van der Waals surface area (Å²) in [5.41, 5.74) is 1.27. The van der Waals surface area contributed by atoms with Gasteiger partial charge in [-0.25, -0.2) is 0 Å². The molecule has 0 aromatic heterocycles. The molecule has 1 aromatic carbocycles. The molecule has 1 aliphatic carbocycles. The van der Waals surface area contributed by atoms with Gasteiger partial charge in [-0.2, -0.15) is 11.8 Å². The first kappa shape index (κ1) is 13.9. The van der Waals surface area contributed by atoms with Gasteiger partial charge in [-0.3, -0.25) is 4.79 Å². The molecule has 0 saturated heterocycles. The van der Waals surface area contributed by atoms with Crippen molar-refractivity contribution in [1.29, 1.82) is 0 Å². The van der Waals surface area contributed by atoms with Crippen molar-refractivity contribution in [2.45, 2.75) is 25.3 Å². The van der Waals surface area contributed by atoms with E-state index in [9.17, 15) is 4.79 Å². The van der Waals surface area contributed by atoms with Crippen molar-refractivity contribution in [3.63, 3.8) is 0 Å². The van der Waals surface area contributed by atoms with Crippen LogP contribution in [0.15, 0.2) is 28.7 Å². The van der Waals surface area contributed by atoms with Crippen LogP contribution in [-0.2, 0) is 4.79 Å². The molecule has 1 N–H and O–H groups in total. The van der Waals surface area contributed by atoms with Gasteiger partial charge < -0.3 is 5.32 Å². The van der Waals surface area contributed by atoms with Gasteiger partial charge in [-0.05, 0) is 43.2 Å². The molecule has 1 aliphatic rings. The zero-order valence-electron chi connectivity index (χ0n) is 10.7. The third-order valence-electron chi connectivity index (χ3n) is 3.23. The van der Waals surface area contributed by atoms with Crippen molar-refractivity contribution < 1.29 is 4.79 Å². The van der Waals surface area contributed by atoms with E-state index in [2.05, 4.69) is 46.6 Å². The molecule has 0 unspecified atom stereocenters. The van der Waals surface area contributed by atoms with E-state index in [1.807, 2.05) is 12.1 Å². The van der Waals surface area contributed by atoms with Gasteiger partial charge in [0.25, 0.3) is 0 Å². The highest BCUT2D eigenvalue weighted by Gasteiger charge is 2.43. The van der Waals surface area contributed by atoms with Gasteiger partial charge in [0.05, 0.1) is 0 Å². The number of thioether (sulfide) groups is 1. The van der Waals surface area contributed by atoms with Gasteiger partial charge in [0.1, 0.15) is 0 Å². The third-order valence-corrected chi connectivity index (χ3v) is 4.59. The van der Waals surface area contributed by atoms with Crippen molar-refractivity contribution in [2.75, 3.05) is 12.0 Å². The molecule has 2 nitrogen and oxygen atoms in total. The minimum Gasteiger partial charge on any atom is -0.353 e. The summed E-state index contributed by atoms with van der Waals surface area (Å²) in [4.78, 5) is 12.0. The second-order valence-corrected chi connectivity index (χ2v) is 6.69. The zero-order chi connectivity index (χ0) is 13.1. The van der Waals surface area contributed by atoms with Crippen molar-refractivity contribution in [3.8, 4) is 0 Å². The lowest BCUT2D eigenvalue weighted by Crippen LogP contribution is -2.35. The Labute approximate surface area is 121 Å². The Hall–Kier alpha value is -0.480. The molecule has 0 bridgehead atoms. The van der Waals surface area contributed by atoms with Gasteiger partial charge in [0, 0.05) is 22.2 Å². The van der Waals surface area contributed by atoms with Crippen molar-refractivity contribution in [1.82, 2.24) is 5.32 Å². The number of rotatable bonds is 5. The van der Waals surface area contributed by atoms with E-state index >= 15 is 0 Å². The Morgan fingerprint density at radius 1 is 1.50 bits per heavy atom. The van der Waals surface area contributed by atoms with Crippen LogP contribution in [0, 0.1) is 5.92 Å². The summed E-state index contributed by atoms with van der Waals surface area (Å²) < 4.78 is 1.08. The Kier molecular flexibility index (Phi) is 4.73. The van der Waals surface area contributed by atoms with Crippen LogP contribution in [-0.4, -0.2) is 24.0 Å². The van der Waals surface area contributed by atoms with Crippen molar-refractivity contribution >= 4 is 33.6 Å². The largest absolute Gasteiger partial charge is 0.353 e. The van der Waals surface area contributed by atoms with Crippen molar-refractivity contribution in [2.24, 2.45) is 5.92 Å². The van der Waals surface area contributed by atoms with Gasteiger partial charge >= 0.3 is 0 Å². The van der Waals surface area contributed by atoms with Crippen LogP contribution in [0.3, 0.4) is 0 Å². The van der Waals surface area contributed by atoms with Crippen LogP contribution >= 0.6 is 27.7 Å². The Morgan fingerprint density at radius 3 is 2.78 bits per heavy atom. The van der Waals surface area contributed by atoms with Crippen LogP contribution in [0.1, 0.15) is 24.8 Å². The lowest BCUT2D eigenvalue weighted by molar-refractivity contribution is -0.122. The topological polar surface area (TPSA) is 29.1 Å². The van der Waals surface area contributed by atoms with Gasteiger partial charge in [0.15, 0.2) is 0 Å². The second kappa shape index (κ2) is 6.11. The molecule has 18 heavy (non-hydrogen) atoms. The summed E-state index contributed by atoms with van der Waals surface area (Å²) in [7, 11) is 0. The Morgan fingerprint density at radius 2 is 2.17 bits per heavy atom. The fraction of sp³-hybridized carbons (Fsp3) is 0.500. The number of hydrogen-bond donors (Lipinski definition) is 1. The number of carbonyl (C=O) groups is 1. The van der Waals surface area contributed by atoms with E-state index in [1.54, 1.807) is 11.8 Å². The van der Waals surface area contributed by atoms with Gasteiger partial charge in [-0.1, -0.05) is 28.1 Å². The Bertz CT molecular complexity index is 420. The summed E-state index contributed by atoms with van der Waals surface area (Å²) in [6, 6.07) is 8.55. The molecule has 3 atom stereocenters. The lowest BCUT2D eigenvalue weighted by Gasteiger charge is -2.12.